The van der Waals surface area contributed by atoms with Crippen molar-refractivity contribution in [2.75, 3.05) is 7.11 Å². The molecule has 1 amide bonds. The normalized spacial score (nSPS) is 12.6. The van der Waals surface area contributed by atoms with Crippen LogP contribution in [0.15, 0.2) is 53.6 Å². The van der Waals surface area contributed by atoms with Crippen LogP contribution in [0.1, 0.15) is 31.3 Å². The summed E-state index contributed by atoms with van der Waals surface area (Å²) in [4.78, 5) is 16.7. The molecule has 142 valence electrons. The lowest BCUT2D eigenvalue weighted by molar-refractivity contribution is 0.0855. The zero-order valence-electron chi connectivity index (χ0n) is 16.0. The van der Waals surface area contributed by atoms with Crippen LogP contribution in [0.4, 0.5) is 0 Å². The van der Waals surface area contributed by atoms with E-state index in [0.29, 0.717) is 12.2 Å². The molecule has 7 heteroatoms. The Morgan fingerprint density at radius 2 is 2.04 bits per heavy atom. The van der Waals surface area contributed by atoms with Crippen LogP contribution in [0.25, 0.3) is 11.3 Å². The summed E-state index contributed by atoms with van der Waals surface area (Å²) in [6.07, 6.45) is 5.33. The van der Waals surface area contributed by atoms with Crippen molar-refractivity contribution in [2.45, 2.75) is 33.4 Å². The number of imidazole rings is 1. The van der Waals surface area contributed by atoms with Gasteiger partial charge in [-0.05, 0) is 29.7 Å². The zero-order valence-corrected chi connectivity index (χ0v) is 16.0. The van der Waals surface area contributed by atoms with Crippen LogP contribution < -0.4 is 10.1 Å². The smallest absolute Gasteiger partial charge is 0.290 e. The Hall–Kier alpha value is -3.09. The Bertz CT molecular complexity index is 877. The van der Waals surface area contributed by atoms with Crippen molar-refractivity contribution in [3.63, 3.8) is 0 Å². The summed E-state index contributed by atoms with van der Waals surface area (Å²) in [5.74, 6) is 0.649. The maximum absolute atomic E-state index is 12.7. The standard InChI is InChI=1S/C20H24N4O3/c1-20(2,3)18(12-24-10-9-21-13-24)22-19(25)17-11-16(23-27-17)14-5-7-15(26-4)8-6-14/h5-11,13,18H,12H2,1-4H3,(H,22,25). The van der Waals surface area contributed by atoms with Crippen LogP contribution in [-0.4, -0.2) is 33.8 Å². The number of carbonyl (C=O) groups is 1. The minimum Gasteiger partial charge on any atom is -0.497 e. The molecule has 0 saturated heterocycles. The molecule has 3 rings (SSSR count). The maximum atomic E-state index is 12.7. The topological polar surface area (TPSA) is 82.2 Å². The molecular formula is C20H24N4O3. The molecule has 0 aliphatic carbocycles. The molecule has 2 heterocycles. The minimum atomic E-state index is -0.290. The summed E-state index contributed by atoms with van der Waals surface area (Å²) in [7, 11) is 1.61. The highest BCUT2D eigenvalue weighted by atomic mass is 16.5. The highest BCUT2D eigenvalue weighted by Gasteiger charge is 2.28. The number of aromatic nitrogens is 3. The Morgan fingerprint density at radius 3 is 2.63 bits per heavy atom. The van der Waals surface area contributed by atoms with E-state index in [0.717, 1.165) is 11.3 Å². The highest BCUT2D eigenvalue weighted by Crippen LogP contribution is 2.24. The quantitative estimate of drug-likeness (QED) is 0.721. The average molecular weight is 368 g/mol. The van der Waals surface area contributed by atoms with Crippen molar-refractivity contribution in [3.05, 3.63) is 54.8 Å². The molecule has 0 fully saturated rings. The second-order valence-electron chi connectivity index (χ2n) is 7.46. The summed E-state index contributed by atoms with van der Waals surface area (Å²) in [5, 5.41) is 7.07. The fourth-order valence-corrected chi connectivity index (χ4v) is 2.65. The van der Waals surface area contributed by atoms with Crippen LogP contribution in [0, 0.1) is 5.41 Å². The summed E-state index contributed by atoms with van der Waals surface area (Å²) in [6.45, 7) is 6.86. The SMILES string of the molecule is COc1ccc(-c2cc(C(=O)NC(Cn3ccnc3)C(C)(C)C)on2)cc1. The van der Waals surface area contributed by atoms with Gasteiger partial charge in [0.15, 0.2) is 0 Å². The lowest BCUT2D eigenvalue weighted by Gasteiger charge is -2.31. The van der Waals surface area contributed by atoms with Crippen LogP contribution in [0.3, 0.4) is 0 Å². The summed E-state index contributed by atoms with van der Waals surface area (Å²) in [5.41, 5.74) is 1.31. The van der Waals surface area contributed by atoms with E-state index >= 15 is 0 Å². The third-order valence-corrected chi connectivity index (χ3v) is 4.42. The first-order valence-electron chi connectivity index (χ1n) is 8.74. The van der Waals surface area contributed by atoms with Gasteiger partial charge in [0.05, 0.1) is 19.5 Å². The largest absolute Gasteiger partial charge is 0.497 e. The van der Waals surface area contributed by atoms with Crippen molar-refractivity contribution in [1.82, 2.24) is 20.0 Å². The monoisotopic (exact) mass is 368 g/mol. The third kappa shape index (κ3) is 4.55. The fourth-order valence-electron chi connectivity index (χ4n) is 2.65. The van der Waals surface area contributed by atoms with Crippen LogP contribution in [0.5, 0.6) is 5.75 Å². The minimum absolute atomic E-state index is 0.103. The van der Waals surface area contributed by atoms with Crippen molar-refractivity contribution in [3.8, 4) is 17.0 Å². The number of hydrogen-bond acceptors (Lipinski definition) is 5. The van der Waals surface area contributed by atoms with E-state index in [-0.39, 0.29) is 23.1 Å². The molecule has 7 nitrogen and oxygen atoms in total. The van der Waals surface area contributed by atoms with E-state index in [1.807, 2.05) is 35.0 Å². The molecule has 3 aromatic rings. The number of ether oxygens (including phenoxy) is 1. The van der Waals surface area contributed by atoms with E-state index in [9.17, 15) is 4.79 Å². The van der Waals surface area contributed by atoms with Gasteiger partial charge in [0.1, 0.15) is 11.4 Å². The van der Waals surface area contributed by atoms with Crippen molar-refractivity contribution >= 4 is 5.91 Å². The first kappa shape index (κ1) is 18.7. The van der Waals surface area contributed by atoms with Gasteiger partial charge in [-0.2, -0.15) is 0 Å². The van der Waals surface area contributed by atoms with Gasteiger partial charge in [-0.1, -0.05) is 25.9 Å². The molecule has 0 bridgehead atoms. The number of hydrogen-bond donors (Lipinski definition) is 1. The van der Waals surface area contributed by atoms with E-state index in [1.165, 1.54) is 0 Å². The van der Waals surface area contributed by atoms with E-state index < -0.39 is 0 Å². The van der Waals surface area contributed by atoms with Gasteiger partial charge in [0.25, 0.3) is 5.91 Å². The summed E-state index contributed by atoms with van der Waals surface area (Å²) in [6, 6.07) is 8.96. The lowest BCUT2D eigenvalue weighted by Crippen LogP contribution is -2.46. The average Bonchev–Trinajstić information content (AvgIpc) is 3.32. The summed E-state index contributed by atoms with van der Waals surface area (Å²) < 4.78 is 12.4. The Morgan fingerprint density at radius 1 is 1.30 bits per heavy atom. The highest BCUT2D eigenvalue weighted by molar-refractivity contribution is 5.92. The molecule has 1 atom stereocenters. The molecule has 1 N–H and O–H groups in total. The van der Waals surface area contributed by atoms with Gasteiger partial charge in [-0.3, -0.25) is 4.79 Å². The van der Waals surface area contributed by atoms with Gasteiger partial charge in [-0.25, -0.2) is 4.98 Å². The predicted octanol–water partition coefficient (Wildman–Crippen LogP) is 3.39. The van der Waals surface area contributed by atoms with Gasteiger partial charge < -0.3 is 19.1 Å². The lowest BCUT2D eigenvalue weighted by atomic mass is 9.86. The first-order chi connectivity index (χ1) is 12.9. The number of nitrogens with zero attached hydrogens (tertiary/aromatic N) is 3. The molecule has 0 aliphatic rings. The van der Waals surface area contributed by atoms with Gasteiger partial charge in [0, 0.05) is 30.6 Å². The maximum Gasteiger partial charge on any atom is 0.290 e. The molecule has 1 unspecified atom stereocenters. The molecule has 2 aromatic heterocycles. The predicted molar refractivity (Wildman–Crippen MR) is 101 cm³/mol. The first-order valence-corrected chi connectivity index (χ1v) is 8.74. The van der Waals surface area contributed by atoms with E-state index in [1.54, 1.807) is 25.7 Å². The fraction of sp³-hybridized carbons (Fsp3) is 0.350. The van der Waals surface area contributed by atoms with Gasteiger partial charge in [-0.15, -0.1) is 0 Å². The van der Waals surface area contributed by atoms with E-state index in [4.69, 9.17) is 9.26 Å². The van der Waals surface area contributed by atoms with E-state index in [2.05, 4.69) is 36.2 Å². The van der Waals surface area contributed by atoms with Crippen molar-refractivity contribution < 1.29 is 14.1 Å². The molecule has 0 radical (unpaired) electrons. The zero-order chi connectivity index (χ0) is 19.4. The molecule has 0 saturated carbocycles. The van der Waals surface area contributed by atoms with Crippen molar-refractivity contribution in [1.29, 1.82) is 0 Å². The Balaban J connectivity index is 1.73. The summed E-state index contributed by atoms with van der Waals surface area (Å²) >= 11 is 0. The number of benzene rings is 1. The molecule has 27 heavy (non-hydrogen) atoms. The second-order valence-corrected chi connectivity index (χ2v) is 7.46. The second kappa shape index (κ2) is 7.65. The molecular weight excluding hydrogens is 344 g/mol. The number of rotatable bonds is 6. The number of nitrogens with one attached hydrogen (secondary N) is 1. The van der Waals surface area contributed by atoms with Crippen molar-refractivity contribution in [2.24, 2.45) is 5.41 Å². The van der Waals surface area contributed by atoms with Crippen LogP contribution in [0.2, 0.25) is 0 Å². The van der Waals surface area contributed by atoms with Crippen LogP contribution in [-0.2, 0) is 6.54 Å². The van der Waals surface area contributed by atoms with Gasteiger partial charge >= 0.3 is 0 Å². The molecule has 0 aliphatic heterocycles. The number of amides is 1. The number of methoxy groups -OCH3 is 1. The Labute approximate surface area is 158 Å². The van der Waals surface area contributed by atoms with Crippen LogP contribution >= 0.6 is 0 Å². The Kier molecular flexibility index (Phi) is 5.30. The number of carbonyl (C=O) groups excluding carboxylic acids is 1. The molecule has 1 aromatic carbocycles. The molecule has 0 spiro atoms. The third-order valence-electron chi connectivity index (χ3n) is 4.42. The van der Waals surface area contributed by atoms with Gasteiger partial charge in [0.2, 0.25) is 5.76 Å².